The number of hydrogen-bond donors (Lipinski definition) is 2. The van der Waals surface area contributed by atoms with Crippen LogP contribution in [-0.4, -0.2) is 53.8 Å². The number of rotatable bonds is 7. The van der Waals surface area contributed by atoms with Crippen molar-refractivity contribution >= 4 is 23.4 Å². The van der Waals surface area contributed by atoms with E-state index in [9.17, 15) is 24.5 Å². The molecule has 0 aromatic heterocycles. The summed E-state index contributed by atoms with van der Waals surface area (Å²) in [6, 6.07) is 3.24. The molecule has 0 spiro atoms. The summed E-state index contributed by atoms with van der Waals surface area (Å²) in [6.07, 6.45) is 1.26. The van der Waals surface area contributed by atoms with E-state index in [1.165, 1.54) is 24.1 Å². The van der Waals surface area contributed by atoms with E-state index in [2.05, 4.69) is 5.32 Å². The minimum absolute atomic E-state index is 0.00771. The maximum absolute atomic E-state index is 12.2. The molecule has 10 nitrogen and oxygen atoms in total. The van der Waals surface area contributed by atoms with Crippen molar-refractivity contribution in [2.24, 2.45) is 5.73 Å². The van der Waals surface area contributed by atoms with Crippen molar-refractivity contribution in [1.29, 1.82) is 0 Å². The van der Waals surface area contributed by atoms with E-state index in [1.807, 2.05) is 0 Å². The Hall–Kier alpha value is -3.17. The lowest BCUT2D eigenvalue weighted by molar-refractivity contribution is -0.385. The summed E-state index contributed by atoms with van der Waals surface area (Å²) in [4.78, 5) is 47.4. The average Bonchev–Trinajstić information content (AvgIpc) is 3.11. The molecular weight excluding hydrogens is 344 g/mol. The van der Waals surface area contributed by atoms with Crippen molar-refractivity contribution in [2.75, 3.05) is 20.2 Å². The highest BCUT2D eigenvalue weighted by molar-refractivity contribution is 5.95. The zero-order chi connectivity index (χ0) is 19.3. The first-order valence-corrected chi connectivity index (χ1v) is 8.04. The van der Waals surface area contributed by atoms with Gasteiger partial charge < -0.3 is 20.7 Å². The molecule has 1 unspecified atom stereocenters. The van der Waals surface area contributed by atoms with Crippen LogP contribution in [0.25, 0.3) is 0 Å². The molecule has 1 fully saturated rings. The molecule has 3 N–H and O–H groups in total. The van der Waals surface area contributed by atoms with E-state index in [1.54, 1.807) is 0 Å². The van der Waals surface area contributed by atoms with Gasteiger partial charge in [-0.1, -0.05) is 0 Å². The number of benzene rings is 1. The SMILES string of the molecule is COc1ccc(C(=O)NCCC(=O)N2CCCC2C(N)=O)cc1[N+](=O)[O-]. The predicted molar refractivity (Wildman–Crippen MR) is 90.5 cm³/mol. The molecule has 10 heteroatoms. The Labute approximate surface area is 149 Å². The van der Waals surface area contributed by atoms with Gasteiger partial charge in [0, 0.05) is 31.1 Å². The fourth-order valence-electron chi connectivity index (χ4n) is 2.86. The molecule has 1 atom stereocenters. The van der Waals surface area contributed by atoms with Gasteiger partial charge >= 0.3 is 5.69 Å². The standard InChI is InChI=1S/C16H20N4O6/c1-26-13-5-4-10(9-12(13)20(24)25)16(23)18-7-6-14(21)19-8-2-3-11(19)15(17)22/h4-5,9,11H,2-3,6-8H2,1H3,(H2,17,22)(H,18,23). The minimum Gasteiger partial charge on any atom is -0.490 e. The summed E-state index contributed by atoms with van der Waals surface area (Å²) in [6.45, 7) is 0.505. The van der Waals surface area contributed by atoms with E-state index < -0.39 is 22.8 Å². The molecule has 1 heterocycles. The van der Waals surface area contributed by atoms with Crippen molar-refractivity contribution in [2.45, 2.75) is 25.3 Å². The molecule has 0 bridgehead atoms. The van der Waals surface area contributed by atoms with Gasteiger partial charge in [0.1, 0.15) is 6.04 Å². The Bertz CT molecular complexity index is 735. The first-order valence-electron chi connectivity index (χ1n) is 8.04. The van der Waals surface area contributed by atoms with Gasteiger partial charge in [0.2, 0.25) is 11.8 Å². The molecule has 2 rings (SSSR count). The Kier molecular flexibility index (Phi) is 6.10. The van der Waals surface area contributed by atoms with Gasteiger partial charge in [0.25, 0.3) is 5.91 Å². The Morgan fingerprint density at radius 1 is 1.42 bits per heavy atom. The lowest BCUT2D eigenvalue weighted by atomic mass is 10.1. The highest BCUT2D eigenvalue weighted by atomic mass is 16.6. The third-order valence-electron chi connectivity index (χ3n) is 4.16. The highest BCUT2D eigenvalue weighted by Crippen LogP contribution is 2.27. The first-order chi connectivity index (χ1) is 12.3. The Morgan fingerprint density at radius 2 is 2.15 bits per heavy atom. The van der Waals surface area contributed by atoms with Gasteiger partial charge in [-0.3, -0.25) is 24.5 Å². The van der Waals surface area contributed by atoms with Gasteiger partial charge in [-0.15, -0.1) is 0 Å². The second-order valence-corrected chi connectivity index (χ2v) is 5.80. The van der Waals surface area contributed by atoms with Gasteiger partial charge in [-0.05, 0) is 25.0 Å². The quantitative estimate of drug-likeness (QED) is 0.522. The number of ether oxygens (including phenoxy) is 1. The monoisotopic (exact) mass is 364 g/mol. The second kappa shape index (κ2) is 8.28. The molecule has 0 aliphatic carbocycles. The van der Waals surface area contributed by atoms with Crippen LogP contribution in [0.1, 0.15) is 29.6 Å². The predicted octanol–water partition coefficient (Wildman–Crippen LogP) is 0.200. The number of hydrogen-bond acceptors (Lipinski definition) is 6. The summed E-state index contributed by atoms with van der Waals surface area (Å²) >= 11 is 0. The van der Waals surface area contributed by atoms with Crippen molar-refractivity contribution in [3.05, 3.63) is 33.9 Å². The Morgan fingerprint density at radius 3 is 2.77 bits per heavy atom. The van der Waals surface area contributed by atoms with Crippen LogP contribution >= 0.6 is 0 Å². The van der Waals surface area contributed by atoms with Crippen molar-refractivity contribution in [1.82, 2.24) is 10.2 Å². The summed E-state index contributed by atoms with van der Waals surface area (Å²) < 4.78 is 4.88. The van der Waals surface area contributed by atoms with Crippen LogP contribution in [0.2, 0.25) is 0 Å². The maximum atomic E-state index is 12.2. The van der Waals surface area contributed by atoms with Gasteiger partial charge in [-0.2, -0.15) is 0 Å². The van der Waals surface area contributed by atoms with Crippen LogP contribution in [0.3, 0.4) is 0 Å². The zero-order valence-electron chi connectivity index (χ0n) is 14.3. The van der Waals surface area contributed by atoms with Crippen molar-refractivity contribution in [3.8, 4) is 5.75 Å². The molecule has 1 aromatic rings. The fourth-order valence-corrected chi connectivity index (χ4v) is 2.86. The number of carbonyl (C=O) groups excluding carboxylic acids is 3. The minimum atomic E-state index is -0.642. The number of amides is 3. The number of likely N-dealkylation sites (tertiary alicyclic amines) is 1. The summed E-state index contributed by atoms with van der Waals surface area (Å²) in [5.41, 5.74) is 5.04. The van der Waals surface area contributed by atoms with Gasteiger partial charge in [0.15, 0.2) is 5.75 Å². The number of carbonyl (C=O) groups is 3. The normalized spacial score (nSPS) is 16.2. The van der Waals surface area contributed by atoms with E-state index in [4.69, 9.17) is 10.5 Å². The molecule has 1 saturated heterocycles. The molecule has 26 heavy (non-hydrogen) atoms. The van der Waals surface area contributed by atoms with Crippen LogP contribution in [-0.2, 0) is 9.59 Å². The molecule has 0 saturated carbocycles. The van der Waals surface area contributed by atoms with Gasteiger partial charge in [-0.25, -0.2) is 0 Å². The van der Waals surface area contributed by atoms with Gasteiger partial charge in [0.05, 0.1) is 12.0 Å². The number of nitro benzene ring substituents is 1. The van der Waals surface area contributed by atoms with Crippen LogP contribution in [0.15, 0.2) is 18.2 Å². The van der Waals surface area contributed by atoms with Crippen LogP contribution in [0, 0.1) is 10.1 Å². The average molecular weight is 364 g/mol. The van der Waals surface area contributed by atoms with E-state index in [0.29, 0.717) is 19.4 Å². The van der Waals surface area contributed by atoms with Crippen LogP contribution < -0.4 is 15.8 Å². The number of primary amides is 1. The van der Waals surface area contributed by atoms with Crippen molar-refractivity contribution in [3.63, 3.8) is 0 Å². The number of nitrogens with two attached hydrogens (primary N) is 1. The molecule has 1 aromatic carbocycles. The number of nitrogens with one attached hydrogen (secondary N) is 1. The molecular formula is C16H20N4O6. The number of methoxy groups -OCH3 is 1. The van der Waals surface area contributed by atoms with Crippen LogP contribution in [0.4, 0.5) is 5.69 Å². The summed E-state index contributed by atoms with van der Waals surface area (Å²) in [5.74, 6) is -1.30. The summed E-state index contributed by atoms with van der Waals surface area (Å²) in [5, 5.41) is 13.5. The number of nitrogens with zero attached hydrogens (tertiary/aromatic N) is 2. The fraction of sp³-hybridized carbons (Fsp3) is 0.438. The molecule has 1 aliphatic heterocycles. The lowest BCUT2D eigenvalue weighted by Crippen LogP contribution is -2.44. The van der Waals surface area contributed by atoms with Crippen molar-refractivity contribution < 1.29 is 24.0 Å². The first kappa shape index (κ1) is 19.2. The zero-order valence-corrected chi connectivity index (χ0v) is 14.3. The van der Waals surface area contributed by atoms with E-state index in [-0.39, 0.29) is 35.9 Å². The number of nitro groups is 1. The van der Waals surface area contributed by atoms with Crippen LogP contribution in [0.5, 0.6) is 5.75 Å². The topological polar surface area (TPSA) is 145 Å². The lowest BCUT2D eigenvalue weighted by Gasteiger charge is -2.22. The highest BCUT2D eigenvalue weighted by Gasteiger charge is 2.32. The Balaban J connectivity index is 1.93. The third-order valence-corrected chi connectivity index (χ3v) is 4.16. The molecule has 140 valence electrons. The summed E-state index contributed by atoms with van der Waals surface area (Å²) in [7, 11) is 1.30. The maximum Gasteiger partial charge on any atom is 0.311 e. The smallest absolute Gasteiger partial charge is 0.311 e. The third kappa shape index (κ3) is 4.26. The van der Waals surface area contributed by atoms with E-state index >= 15 is 0 Å². The largest absolute Gasteiger partial charge is 0.490 e. The second-order valence-electron chi connectivity index (χ2n) is 5.80. The molecule has 0 radical (unpaired) electrons. The van der Waals surface area contributed by atoms with E-state index in [0.717, 1.165) is 6.07 Å². The molecule has 1 aliphatic rings. The molecule has 3 amide bonds.